The van der Waals surface area contributed by atoms with Gasteiger partial charge in [0.2, 0.25) is 0 Å². The molecule has 0 aromatic heterocycles. The predicted octanol–water partition coefficient (Wildman–Crippen LogP) is 2.50. The summed E-state index contributed by atoms with van der Waals surface area (Å²) < 4.78 is 0. The van der Waals surface area contributed by atoms with Gasteiger partial charge < -0.3 is 5.11 Å². The first kappa shape index (κ1) is 8.31. The minimum atomic E-state index is -0.0764. The molecule has 0 amide bonds. The highest BCUT2D eigenvalue weighted by molar-refractivity contribution is 5.16. The van der Waals surface area contributed by atoms with E-state index in [0.29, 0.717) is 0 Å². The van der Waals surface area contributed by atoms with Gasteiger partial charge in [-0.2, -0.15) is 0 Å². The Morgan fingerprint density at radius 2 is 2.08 bits per heavy atom. The van der Waals surface area contributed by atoms with Gasteiger partial charge in [0.15, 0.2) is 0 Å². The lowest BCUT2D eigenvalue weighted by molar-refractivity contribution is 0.00680. The van der Waals surface area contributed by atoms with Crippen LogP contribution in [-0.2, 0) is 0 Å². The Bertz CT molecular complexity index is 221. The Morgan fingerprint density at radius 3 is 2.75 bits per heavy atom. The van der Waals surface area contributed by atoms with Crippen molar-refractivity contribution in [2.24, 2.45) is 10.8 Å². The number of fused-ring (bicyclic) bond motifs is 1. The lowest BCUT2D eigenvalue weighted by Crippen LogP contribution is -2.39. The second-order valence-electron chi connectivity index (χ2n) is 4.83. The van der Waals surface area contributed by atoms with Gasteiger partial charge in [0.25, 0.3) is 0 Å². The summed E-state index contributed by atoms with van der Waals surface area (Å²) in [5.41, 5.74) is 0.423. The summed E-state index contributed by atoms with van der Waals surface area (Å²) in [6.07, 6.45) is 8.96. The monoisotopic (exact) mass is 166 g/mol. The molecule has 1 nitrogen and oxygen atoms in total. The second-order valence-corrected chi connectivity index (χ2v) is 4.83. The van der Waals surface area contributed by atoms with Gasteiger partial charge in [-0.15, -0.1) is 0 Å². The molecule has 1 heteroatoms. The average Bonchev–Trinajstić information content (AvgIpc) is 2.28. The van der Waals surface area contributed by atoms with Crippen molar-refractivity contribution in [3.05, 3.63) is 12.2 Å². The molecule has 0 aliphatic heterocycles. The molecule has 0 spiro atoms. The average molecular weight is 166 g/mol. The first-order chi connectivity index (χ1) is 5.58. The van der Waals surface area contributed by atoms with Crippen molar-refractivity contribution in [1.29, 1.82) is 0 Å². The van der Waals surface area contributed by atoms with Gasteiger partial charge in [-0.05, 0) is 31.1 Å². The lowest BCUT2D eigenvalue weighted by atomic mass is 9.62. The van der Waals surface area contributed by atoms with Crippen LogP contribution in [-0.4, -0.2) is 11.2 Å². The Morgan fingerprint density at radius 1 is 1.33 bits per heavy atom. The zero-order valence-electron chi connectivity index (χ0n) is 8.01. The highest BCUT2D eigenvalue weighted by Gasteiger charge is 2.53. The molecular formula is C11H18O. The summed E-state index contributed by atoms with van der Waals surface area (Å²) in [6, 6.07) is 0. The summed E-state index contributed by atoms with van der Waals surface area (Å²) in [5, 5.41) is 9.91. The van der Waals surface area contributed by atoms with Gasteiger partial charge >= 0.3 is 0 Å². The van der Waals surface area contributed by atoms with Crippen LogP contribution >= 0.6 is 0 Å². The fourth-order valence-electron chi connectivity index (χ4n) is 2.87. The summed E-state index contributed by atoms with van der Waals surface area (Å²) in [6.45, 7) is 4.53. The Balaban J connectivity index is 2.39. The molecule has 2 aliphatic rings. The van der Waals surface area contributed by atoms with Gasteiger partial charge in [0.05, 0.1) is 6.10 Å². The van der Waals surface area contributed by atoms with Gasteiger partial charge in [0, 0.05) is 5.41 Å². The topological polar surface area (TPSA) is 20.2 Å². The minimum absolute atomic E-state index is 0.0764. The number of aliphatic hydroxyl groups is 1. The molecule has 3 atom stereocenters. The molecule has 2 rings (SSSR count). The highest BCUT2D eigenvalue weighted by Crippen LogP contribution is 2.57. The third-order valence-electron chi connectivity index (χ3n) is 4.29. The van der Waals surface area contributed by atoms with E-state index in [1.807, 2.05) is 0 Å². The summed E-state index contributed by atoms with van der Waals surface area (Å²) in [4.78, 5) is 0. The second kappa shape index (κ2) is 2.35. The molecular weight excluding hydrogens is 148 g/mol. The van der Waals surface area contributed by atoms with E-state index in [9.17, 15) is 5.11 Å². The molecule has 0 heterocycles. The molecule has 2 aliphatic carbocycles. The van der Waals surface area contributed by atoms with E-state index in [0.717, 1.165) is 25.7 Å². The molecule has 0 bridgehead atoms. The van der Waals surface area contributed by atoms with Crippen LogP contribution in [0.5, 0.6) is 0 Å². The fourth-order valence-corrected chi connectivity index (χ4v) is 2.87. The van der Waals surface area contributed by atoms with Gasteiger partial charge in [0.1, 0.15) is 0 Å². The van der Waals surface area contributed by atoms with Crippen molar-refractivity contribution in [1.82, 2.24) is 0 Å². The van der Waals surface area contributed by atoms with Crippen molar-refractivity contribution in [3.63, 3.8) is 0 Å². The van der Waals surface area contributed by atoms with E-state index in [4.69, 9.17) is 0 Å². The number of aliphatic hydroxyl groups excluding tert-OH is 1. The minimum Gasteiger partial charge on any atom is -0.393 e. The Labute approximate surface area is 74.5 Å². The van der Waals surface area contributed by atoms with Gasteiger partial charge in [-0.25, -0.2) is 0 Å². The van der Waals surface area contributed by atoms with Crippen molar-refractivity contribution in [3.8, 4) is 0 Å². The van der Waals surface area contributed by atoms with E-state index >= 15 is 0 Å². The maximum atomic E-state index is 9.91. The normalized spacial score (nSPS) is 52.4. The molecule has 68 valence electrons. The van der Waals surface area contributed by atoms with Crippen LogP contribution in [0.3, 0.4) is 0 Å². The number of rotatable bonds is 0. The standard InChI is InChI=1S/C11H18O/c1-10-6-3-4-7-11(10,2)9(12)5-8-10/h3,6,9,12H,4-5,7-8H2,1-2H3/t9?,10?,11-/m1/s1. The van der Waals surface area contributed by atoms with E-state index in [1.165, 1.54) is 0 Å². The Hall–Kier alpha value is -0.300. The van der Waals surface area contributed by atoms with Crippen molar-refractivity contribution in [2.45, 2.75) is 45.6 Å². The Kier molecular flexibility index (Phi) is 1.63. The molecule has 0 saturated heterocycles. The molecule has 1 N–H and O–H groups in total. The fraction of sp³-hybridized carbons (Fsp3) is 0.818. The zero-order chi connectivity index (χ0) is 8.82. The summed E-state index contributed by atoms with van der Waals surface area (Å²) >= 11 is 0. The molecule has 0 radical (unpaired) electrons. The number of hydrogen-bond acceptors (Lipinski definition) is 1. The number of allylic oxidation sites excluding steroid dienone is 2. The first-order valence-corrected chi connectivity index (χ1v) is 4.94. The third kappa shape index (κ3) is 0.832. The molecule has 12 heavy (non-hydrogen) atoms. The third-order valence-corrected chi connectivity index (χ3v) is 4.29. The molecule has 1 saturated carbocycles. The SMILES string of the molecule is CC12C=CCC[C@]1(C)C(O)CC2. The number of hydrogen-bond donors (Lipinski definition) is 1. The smallest absolute Gasteiger partial charge is 0.0602 e. The van der Waals surface area contributed by atoms with Crippen LogP contribution in [0.1, 0.15) is 39.5 Å². The zero-order valence-corrected chi connectivity index (χ0v) is 8.01. The largest absolute Gasteiger partial charge is 0.393 e. The lowest BCUT2D eigenvalue weighted by Gasteiger charge is -2.43. The van der Waals surface area contributed by atoms with Crippen LogP contribution in [0.2, 0.25) is 0 Å². The molecule has 0 aromatic rings. The van der Waals surface area contributed by atoms with Crippen molar-refractivity contribution >= 4 is 0 Å². The van der Waals surface area contributed by atoms with E-state index in [-0.39, 0.29) is 16.9 Å². The van der Waals surface area contributed by atoms with Crippen LogP contribution in [0.25, 0.3) is 0 Å². The first-order valence-electron chi connectivity index (χ1n) is 4.94. The van der Waals surface area contributed by atoms with Crippen LogP contribution in [0.15, 0.2) is 12.2 Å². The van der Waals surface area contributed by atoms with Crippen LogP contribution in [0, 0.1) is 10.8 Å². The maximum absolute atomic E-state index is 9.91. The van der Waals surface area contributed by atoms with Crippen LogP contribution < -0.4 is 0 Å². The predicted molar refractivity (Wildman–Crippen MR) is 49.8 cm³/mol. The van der Waals surface area contributed by atoms with Gasteiger partial charge in [-0.3, -0.25) is 0 Å². The molecule has 1 fully saturated rings. The van der Waals surface area contributed by atoms with Gasteiger partial charge in [-0.1, -0.05) is 26.0 Å². The van der Waals surface area contributed by atoms with Crippen LogP contribution in [0.4, 0.5) is 0 Å². The summed E-state index contributed by atoms with van der Waals surface area (Å²) in [5.74, 6) is 0. The van der Waals surface area contributed by atoms with E-state index in [1.54, 1.807) is 0 Å². The highest BCUT2D eigenvalue weighted by atomic mass is 16.3. The van der Waals surface area contributed by atoms with Crippen molar-refractivity contribution < 1.29 is 5.11 Å². The molecule has 0 aromatic carbocycles. The quantitative estimate of drug-likeness (QED) is 0.548. The van der Waals surface area contributed by atoms with Crippen molar-refractivity contribution in [2.75, 3.05) is 0 Å². The maximum Gasteiger partial charge on any atom is 0.0602 e. The van der Waals surface area contributed by atoms with E-state index in [2.05, 4.69) is 26.0 Å². The summed E-state index contributed by atoms with van der Waals surface area (Å²) in [7, 11) is 0. The van der Waals surface area contributed by atoms with E-state index < -0.39 is 0 Å². The molecule has 2 unspecified atom stereocenters.